The molecule has 0 spiro atoms. The van der Waals surface area contributed by atoms with Crippen LogP contribution in [0, 0.1) is 5.41 Å². The van der Waals surface area contributed by atoms with Gasteiger partial charge in [-0.1, -0.05) is 20.8 Å². The monoisotopic (exact) mass is 284 g/mol. The van der Waals surface area contributed by atoms with Crippen LogP contribution < -0.4 is 5.32 Å². The second-order valence-corrected chi connectivity index (χ2v) is 6.82. The van der Waals surface area contributed by atoms with Gasteiger partial charge >= 0.3 is 5.97 Å². The van der Waals surface area contributed by atoms with Gasteiger partial charge in [0.1, 0.15) is 0 Å². The highest BCUT2D eigenvalue weighted by molar-refractivity contribution is 5.81. The minimum absolute atomic E-state index is 0.204. The van der Waals surface area contributed by atoms with E-state index >= 15 is 0 Å². The topological polar surface area (TPSA) is 69.6 Å². The van der Waals surface area contributed by atoms with Crippen LogP contribution in [-0.2, 0) is 9.59 Å². The van der Waals surface area contributed by atoms with Crippen LogP contribution in [0.4, 0.5) is 0 Å². The normalized spacial score (nSPS) is 18.9. The van der Waals surface area contributed by atoms with E-state index in [-0.39, 0.29) is 23.8 Å². The van der Waals surface area contributed by atoms with Crippen molar-refractivity contribution in [3.05, 3.63) is 0 Å². The Kier molecular flexibility index (Phi) is 5.99. The molecule has 2 N–H and O–H groups in total. The van der Waals surface area contributed by atoms with Crippen molar-refractivity contribution in [2.45, 2.75) is 65.5 Å². The maximum Gasteiger partial charge on any atom is 0.303 e. The van der Waals surface area contributed by atoms with E-state index in [1.807, 2.05) is 32.6 Å². The number of nitrogens with one attached hydrogen (secondary N) is 1. The number of carboxylic acids is 1. The molecule has 5 nitrogen and oxygen atoms in total. The van der Waals surface area contributed by atoms with Crippen LogP contribution in [0.1, 0.15) is 53.4 Å². The fraction of sp³-hybridized carbons (Fsp3) is 0.867. The maximum atomic E-state index is 12.2. The number of carboxylic acid groups (broad SMARTS) is 1. The summed E-state index contributed by atoms with van der Waals surface area (Å²) < 4.78 is 0. The summed E-state index contributed by atoms with van der Waals surface area (Å²) >= 11 is 0. The lowest BCUT2D eigenvalue weighted by Gasteiger charge is -2.37. The first-order chi connectivity index (χ1) is 9.20. The van der Waals surface area contributed by atoms with Gasteiger partial charge in [0.05, 0.1) is 0 Å². The molecular formula is C15H28N2O3. The summed E-state index contributed by atoms with van der Waals surface area (Å²) in [7, 11) is 0. The van der Waals surface area contributed by atoms with Gasteiger partial charge in [0.15, 0.2) is 0 Å². The first-order valence-corrected chi connectivity index (χ1v) is 7.47. The molecule has 1 amide bonds. The fourth-order valence-corrected chi connectivity index (χ4v) is 2.55. The third kappa shape index (κ3) is 5.49. The van der Waals surface area contributed by atoms with Gasteiger partial charge in [0, 0.05) is 37.0 Å². The Balaban J connectivity index is 2.32. The molecule has 116 valence electrons. The second-order valence-electron chi connectivity index (χ2n) is 6.82. The van der Waals surface area contributed by atoms with Gasteiger partial charge in [0.25, 0.3) is 0 Å². The smallest absolute Gasteiger partial charge is 0.303 e. The lowest BCUT2D eigenvalue weighted by atomic mass is 9.93. The van der Waals surface area contributed by atoms with Crippen LogP contribution in [-0.4, -0.2) is 47.1 Å². The van der Waals surface area contributed by atoms with E-state index < -0.39 is 5.97 Å². The molecule has 1 heterocycles. The molecule has 0 bridgehead atoms. The van der Waals surface area contributed by atoms with Gasteiger partial charge in [-0.15, -0.1) is 0 Å². The van der Waals surface area contributed by atoms with E-state index in [0.29, 0.717) is 12.5 Å². The number of piperidine rings is 1. The van der Waals surface area contributed by atoms with Crippen molar-refractivity contribution in [2.75, 3.05) is 13.1 Å². The standard InChI is InChI=1S/C15H28N2O3/c1-11(5-6-13(18)19)16-12-7-9-17(10-8-12)14(20)15(2,3)4/h11-12,16H,5-10H2,1-4H3,(H,18,19). The average molecular weight is 284 g/mol. The summed E-state index contributed by atoms with van der Waals surface area (Å²) in [6, 6.07) is 0.601. The van der Waals surface area contributed by atoms with E-state index in [4.69, 9.17) is 5.11 Å². The molecule has 0 aliphatic carbocycles. The molecule has 0 aromatic carbocycles. The minimum atomic E-state index is -0.746. The molecule has 0 radical (unpaired) electrons. The average Bonchev–Trinajstić information content (AvgIpc) is 2.35. The molecule has 1 aliphatic heterocycles. The van der Waals surface area contributed by atoms with E-state index in [9.17, 15) is 9.59 Å². The highest BCUT2D eigenvalue weighted by Gasteiger charge is 2.30. The maximum absolute atomic E-state index is 12.2. The highest BCUT2D eigenvalue weighted by Crippen LogP contribution is 2.21. The molecule has 20 heavy (non-hydrogen) atoms. The molecule has 1 aliphatic rings. The van der Waals surface area contributed by atoms with Crippen LogP contribution in [0.3, 0.4) is 0 Å². The van der Waals surface area contributed by atoms with Crippen molar-refractivity contribution in [1.82, 2.24) is 10.2 Å². The highest BCUT2D eigenvalue weighted by atomic mass is 16.4. The molecule has 0 saturated carbocycles. The van der Waals surface area contributed by atoms with Gasteiger partial charge in [-0.25, -0.2) is 0 Å². The van der Waals surface area contributed by atoms with Crippen molar-refractivity contribution in [3.8, 4) is 0 Å². The molecular weight excluding hydrogens is 256 g/mol. The molecule has 0 aromatic heterocycles. The number of nitrogens with zero attached hydrogens (tertiary/aromatic N) is 1. The minimum Gasteiger partial charge on any atom is -0.481 e. The summed E-state index contributed by atoms with van der Waals surface area (Å²) in [6.45, 7) is 9.46. The van der Waals surface area contributed by atoms with Gasteiger partial charge in [-0.2, -0.15) is 0 Å². The van der Waals surface area contributed by atoms with E-state index in [2.05, 4.69) is 5.32 Å². The van der Waals surface area contributed by atoms with Gasteiger partial charge < -0.3 is 15.3 Å². The van der Waals surface area contributed by atoms with Crippen LogP contribution in [0.15, 0.2) is 0 Å². The molecule has 1 fully saturated rings. The van der Waals surface area contributed by atoms with Crippen molar-refractivity contribution in [3.63, 3.8) is 0 Å². The third-order valence-corrected chi connectivity index (χ3v) is 3.74. The summed E-state index contributed by atoms with van der Waals surface area (Å²) in [5.74, 6) is -0.529. The van der Waals surface area contributed by atoms with Crippen LogP contribution in [0.5, 0.6) is 0 Å². The second kappa shape index (κ2) is 7.07. The molecule has 0 aromatic rings. The number of amides is 1. The quantitative estimate of drug-likeness (QED) is 0.808. The zero-order valence-electron chi connectivity index (χ0n) is 13.1. The van der Waals surface area contributed by atoms with Gasteiger partial charge in [-0.05, 0) is 26.2 Å². The molecule has 1 rings (SSSR count). The fourth-order valence-electron chi connectivity index (χ4n) is 2.55. The Morgan fingerprint density at radius 2 is 1.85 bits per heavy atom. The van der Waals surface area contributed by atoms with Crippen LogP contribution in [0.2, 0.25) is 0 Å². The SMILES string of the molecule is CC(CCC(=O)O)NC1CCN(C(=O)C(C)(C)C)CC1. The molecule has 1 saturated heterocycles. The molecule has 1 atom stereocenters. The van der Waals surface area contributed by atoms with Crippen LogP contribution in [0.25, 0.3) is 0 Å². The predicted molar refractivity (Wildman–Crippen MR) is 78.5 cm³/mol. The Labute approximate surface area is 121 Å². The molecule has 1 unspecified atom stereocenters. The van der Waals surface area contributed by atoms with Crippen molar-refractivity contribution in [1.29, 1.82) is 0 Å². The zero-order valence-corrected chi connectivity index (χ0v) is 13.1. The third-order valence-electron chi connectivity index (χ3n) is 3.74. The van der Waals surface area contributed by atoms with Gasteiger partial charge in [0.2, 0.25) is 5.91 Å². The summed E-state index contributed by atoms with van der Waals surface area (Å²) in [4.78, 5) is 24.6. The van der Waals surface area contributed by atoms with Crippen LogP contribution >= 0.6 is 0 Å². The zero-order chi connectivity index (χ0) is 15.3. The van der Waals surface area contributed by atoms with E-state index in [1.165, 1.54) is 0 Å². The number of likely N-dealkylation sites (tertiary alicyclic amines) is 1. The van der Waals surface area contributed by atoms with Gasteiger partial charge in [-0.3, -0.25) is 9.59 Å². The number of aliphatic carboxylic acids is 1. The lowest BCUT2D eigenvalue weighted by molar-refractivity contribution is -0.140. The van der Waals surface area contributed by atoms with Crippen molar-refractivity contribution in [2.24, 2.45) is 5.41 Å². The van der Waals surface area contributed by atoms with E-state index in [1.54, 1.807) is 0 Å². The number of carbonyl (C=O) groups excluding carboxylic acids is 1. The summed E-state index contributed by atoms with van der Waals surface area (Å²) in [5.41, 5.74) is -0.310. The molecule has 5 heteroatoms. The number of rotatable bonds is 5. The largest absolute Gasteiger partial charge is 0.481 e. The Morgan fingerprint density at radius 1 is 1.30 bits per heavy atom. The number of hydrogen-bond donors (Lipinski definition) is 2. The Hall–Kier alpha value is -1.10. The lowest BCUT2D eigenvalue weighted by Crippen LogP contribution is -2.49. The first kappa shape index (κ1) is 17.0. The van der Waals surface area contributed by atoms with Crippen molar-refractivity contribution < 1.29 is 14.7 Å². The Morgan fingerprint density at radius 3 is 2.30 bits per heavy atom. The van der Waals surface area contributed by atoms with E-state index in [0.717, 1.165) is 25.9 Å². The number of carbonyl (C=O) groups is 2. The van der Waals surface area contributed by atoms with Crippen molar-refractivity contribution >= 4 is 11.9 Å². The summed E-state index contributed by atoms with van der Waals surface area (Å²) in [6.07, 6.45) is 2.74. The Bertz CT molecular complexity index is 342. The summed E-state index contributed by atoms with van der Waals surface area (Å²) in [5, 5.41) is 12.1. The first-order valence-electron chi connectivity index (χ1n) is 7.47. The predicted octanol–water partition coefficient (Wildman–Crippen LogP) is 1.87. The number of hydrogen-bond acceptors (Lipinski definition) is 3.